The summed E-state index contributed by atoms with van der Waals surface area (Å²) in [7, 11) is 0. The molecule has 0 N–H and O–H groups in total. The van der Waals surface area contributed by atoms with Crippen LogP contribution in [0.15, 0.2) is 11.6 Å². The Morgan fingerprint density at radius 1 is 0.814 bits per heavy atom. The first-order valence-electron chi connectivity index (χ1n) is 16.5. The smallest absolute Gasteiger partial charge is 0.302 e. The standard InChI is InChI=1S/C36H54O7/c1-22(37)41-20-31(4)18-26-25-10-11-28-33(6)14-13-30(43-24(3)39)34(7,21-42-23(2)38)27(33)12-15-36(28,9)35(25,8)17-16-32(26,5)29(40)19-31/h10,26-28,30H,11-21H2,1-9H3/t26-,27+,28+,30-,31+,32+,33-,34+,35+,36+/m0/s1. The van der Waals surface area contributed by atoms with Gasteiger partial charge in [0, 0.05) is 43.4 Å². The highest BCUT2D eigenvalue weighted by atomic mass is 16.6. The van der Waals surface area contributed by atoms with Crippen LogP contribution < -0.4 is 0 Å². The third-order valence-corrected chi connectivity index (χ3v) is 14.0. The van der Waals surface area contributed by atoms with Gasteiger partial charge in [0.05, 0.1) is 6.61 Å². The second kappa shape index (κ2) is 10.4. The van der Waals surface area contributed by atoms with Crippen molar-refractivity contribution in [2.24, 2.45) is 50.2 Å². The average molecular weight is 599 g/mol. The molecule has 4 fully saturated rings. The number of hydrogen-bond acceptors (Lipinski definition) is 7. The Morgan fingerprint density at radius 2 is 1.47 bits per heavy atom. The summed E-state index contributed by atoms with van der Waals surface area (Å²) in [6.45, 7) is 18.8. The van der Waals surface area contributed by atoms with Crippen LogP contribution in [0.2, 0.25) is 0 Å². The molecule has 7 heteroatoms. The van der Waals surface area contributed by atoms with E-state index in [4.69, 9.17) is 14.2 Å². The van der Waals surface area contributed by atoms with Gasteiger partial charge >= 0.3 is 17.9 Å². The van der Waals surface area contributed by atoms with Gasteiger partial charge in [-0.2, -0.15) is 0 Å². The lowest BCUT2D eigenvalue weighted by Gasteiger charge is -2.71. The van der Waals surface area contributed by atoms with Crippen molar-refractivity contribution in [3.05, 3.63) is 11.6 Å². The van der Waals surface area contributed by atoms with Gasteiger partial charge in [0.2, 0.25) is 0 Å². The summed E-state index contributed by atoms with van der Waals surface area (Å²) in [6.07, 6.45) is 10.1. The van der Waals surface area contributed by atoms with Crippen molar-refractivity contribution in [1.82, 2.24) is 0 Å². The summed E-state index contributed by atoms with van der Waals surface area (Å²) in [5.74, 6) is 0.233. The summed E-state index contributed by atoms with van der Waals surface area (Å²) in [4.78, 5) is 49.7. The number of carbonyl (C=O) groups is 4. The molecule has 0 aromatic carbocycles. The fraction of sp³-hybridized carbons (Fsp3) is 0.833. The van der Waals surface area contributed by atoms with Crippen molar-refractivity contribution >= 4 is 23.7 Å². The Labute approximate surface area is 258 Å². The summed E-state index contributed by atoms with van der Waals surface area (Å²) in [6, 6.07) is 0. The van der Waals surface area contributed by atoms with Gasteiger partial charge < -0.3 is 14.2 Å². The van der Waals surface area contributed by atoms with E-state index < -0.39 is 5.41 Å². The van der Waals surface area contributed by atoms with Crippen LogP contribution in [0.25, 0.3) is 0 Å². The molecule has 5 rings (SSSR count). The number of hydrogen-bond donors (Lipinski definition) is 0. The Kier molecular flexibility index (Phi) is 7.82. The Bertz CT molecular complexity index is 1240. The summed E-state index contributed by atoms with van der Waals surface area (Å²) in [5, 5.41) is 0. The second-order valence-corrected chi connectivity index (χ2v) is 16.6. The van der Waals surface area contributed by atoms with Crippen LogP contribution in [0.3, 0.4) is 0 Å². The van der Waals surface area contributed by atoms with E-state index in [0.717, 1.165) is 51.4 Å². The third kappa shape index (κ3) is 4.81. The lowest BCUT2D eigenvalue weighted by Crippen LogP contribution is -2.66. The van der Waals surface area contributed by atoms with Crippen molar-refractivity contribution in [2.45, 2.75) is 126 Å². The van der Waals surface area contributed by atoms with Crippen LogP contribution in [0, 0.1) is 50.2 Å². The molecule has 43 heavy (non-hydrogen) atoms. The SMILES string of the molecule is CC(=O)OC[C@@]1(C)CC(=O)[C@]2(C)CC[C@]3(C)C(=CC[C@@H]4[C@@]5(C)CC[C@H](OC(C)=O)[C@](C)(COC(C)=O)[C@@H]5CC[C@]43C)[C@@H]2C1. The maximum absolute atomic E-state index is 13.8. The summed E-state index contributed by atoms with van der Waals surface area (Å²) >= 11 is 0. The van der Waals surface area contributed by atoms with Gasteiger partial charge in [-0.15, -0.1) is 0 Å². The van der Waals surface area contributed by atoms with Gasteiger partial charge in [-0.3, -0.25) is 19.2 Å². The number of rotatable bonds is 5. The minimum Gasteiger partial charge on any atom is -0.465 e. The predicted molar refractivity (Wildman–Crippen MR) is 163 cm³/mol. The fourth-order valence-corrected chi connectivity index (χ4v) is 11.4. The Balaban J connectivity index is 1.52. The van der Waals surface area contributed by atoms with Gasteiger partial charge in [-0.05, 0) is 85.4 Å². The molecule has 0 aliphatic heterocycles. The van der Waals surface area contributed by atoms with Crippen LogP contribution >= 0.6 is 0 Å². The van der Waals surface area contributed by atoms with Gasteiger partial charge in [-0.25, -0.2) is 0 Å². The van der Waals surface area contributed by atoms with E-state index in [9.17, 15) is 19.2 Å². The van der Waals surface area contributed by atoms with Gasteiger partial charge in [0.15, 0.2) is 0 Å². The number of ketones is 1. The Morgan fingerprint density at radius 3 is 2.09 bits per heavy atom. The highest BCUT2D eigenvalue weighted by Crippen LogP contribution is 2.75. The van der Waals surface area contributed by atoms with E-state index in [1.807, 2.05) is 0 Å². The number of allylic oxidation sites excluding steroid dienone is 2. The molecule has 7 nitrogen and oxygen atoms in total. The number of ether oxygens (including phenoxy) is 3. The normalized spacial score (nSPS) is 47.1. The zero-order chi connectivity index (χ0) is 31.8. The molecule has 4 saturated carbocycles. The Hall–Kier alpha value is -2.18. The van der Waals surface area contributed by atoms with Crippen LogP contribution in [0.1, 0.15) is 120 Å². The molecule has 0 heterocycles. The summed E-state index contributed by atoms with van der Waals surface area (Å²) < 4.78 is 17.1. The molecule has 0 aromatic heterocycles. The van der Waals surface area contributed by atoms with Gasteiger partial charge in [-0.1, -0.05) is 53.2 Å². The first-order chi connectivity index (χ1) is 19.8. The molecular weight excluding hydrogens is 544 g/mol. The maximum Gasteiger partial charge on any atom is 0.302 e. The molecule has 0 spiro atoms. The first kappa shape index (κ1) is 32.2. The van der Waals surface area contributed by atoms with Crippen LogP contribution in [-0.2, 0) is 33.4 Å². The van der Waals surface area contributed by atoms with E-state index >= 15 is 0 Å². The summed E-state index contributed by atoms with van der Waals surface area (Å²) in [5.41, 5.74) is 0.226. The molecule has 0 radical (unpaired) electrons. The molecule has 0 amide bonds. The van der Waals surface area contributed by atoms with Crippen molar-refractivity contribution in [3.63, 3.8) is 0 Å². The van der Waals surface area contributed by atoms with E-state index in [1.165, 1.54) is 26.3 Å². The molecule has 0 bridgehead atoms. The first-order valence-corrected chi connectivity index (χ1v) is 16.5. The topological polar surface area (TPSA) is 96.0 Å². The molecule has 5 aliphatic carbocycles. The van der Waals surface area contributed by atoms with Crippen molar-refractivity contribution in [3.8, 4) is 0 Å². The zero-order valence-corrected chi connectivity index (χ0v) is 28.0. The van der Waals surface area contributed by atoms with Crippen LogP contribution in [0.4, 0.5) is 0 Å². The lowest BCUT2D eigenvalue weighted by molar-refractivity contribution is -0.225. The van der Waals surface area contributed by atoms with Crippen LogP contribution in [0.5, 0.6) is 0 Å². The number of fused-ring (bicyclic) bond motifs is 7. The van der Waals surface area contributed by atoms with Crippen LogP contribution in [-0.4, -0.2) is 43.0 Å². The molecule has 0 aromatic rings. The van der Waals surface area contributed by atoms with E-state index in [0.29, 0.717) is 18.1 Å². The molecule has 0 unspecified atom stereocenters. The van der Waals surface area contributed by atoms with E-state index in [1.54, 1.807) is 0 Å². The van der Waals surface area contributed by atoms with Gasteiger partial charge in [0.25, 0.3) is 0 Å². The number of Topliss-reactive ketones (excluding diaryl/α,β-unsaturated/α-hetero) is 1. The third-order valence-electron chi connectivity index (χ3n) is 14.0. The highest BCUT2D eigenvalue weighted by Gasteiger charge is 2.69. The molecular formula is C36H54O7. The van der Waals surface area contributed by atoms with Crippen molar-refractivity contribution < 1.29 is 33.4 Å². The quantitative estimate of drug-likeness (QED) is 0.191. The largest absolute Gasteiger partial charge is 0.465 e. The monoisotopic (exact) mass is 598 g/mol. The van der Waals surface area contributed by atoms with Crippen molar-refractivity contribution in [2.75, 3.05) is 13.2 Å². The molecule has 5 aliphatic rings. The minimum atomic E-state index is -0.462. The molecule has 240 valence electrons. The molecule has 0 saturated heterocycles. The predicted octanol–water partition coefficient (Wildman–Crippen LogP) is 7.01. The average Bonchev–Trinajstić information content (AvgIpc) is 2.90. The second-order valence-electron chi connectivity index (χ2n) is 16.6. The van der Waals surface area contributed by atoms with Crippen molar-refractivity contribution in [1.29, 1.82) is 0 Å². The lowest BCUT2D eigenvalue weighted by atomic mass is 9.33. The number of carbonyl (C=O) groups excluding carboxylic acids is 4. The maximum atomic E-state index is 13.8. The van der Waals surface area contributed by atoms with Gasteiger partial charge in [0.1, 0.15) is 18.5 Å². The van der Waals surface area contributed by atoms with E-state index in [2.05, 4.69) is 47.6 Å². The highest BCUT2D eigenvalue weighted by molar-refractivity contribution is 5.87. The molecule has 10 atom stereocenters. The number of esters is 3. The van der Waals surface area contributed by atoms with E-state index in [-0.39, 0.29) is 76.1 Å². The zero-order valence-electron chi connectivity index (χ0n) is 28.0. The fourth-order valence-electron chi connectivity index (χ4n) is 11.4. The minimum absolute atomic E-state index is 0.0173.